The third-order valence-corrected chi connectivity index (χ3v) is 6.76. The van der Waals surface area contributed by atoms with Crippen molar-refractivity contribution in [1.29, 1.82) is 0 Å². The zero-order chi connectivity index (χ0) is 14.7. The molecule has 2 fully saturated rings. The molecule has 3 rings (SSSR count). The molecular weight excluding hydrogens is 304 g/mol. The van der Waals surface area contributed by atoms with Crippen LogP contribution in [0.2, 0.25) is 0 Å². The zero-order valence-electron chi connectivity index (χ0n) is 11.0. The normalized spacial score (nSPS) is 33.0. The molecule has 3 heterocycles. The number of carboxylic acids is 1. The summed E-state index contributed by atoms with van der Waals surface area (Å²) in [6.07, 6.45) is 2.68. The number of nitrogens with zero attached hydrogens (tertiary/aromatic N) is 4. The van der Waals surface area contributed by atoms with Gasteiger partial charge in [0.1, 0.15) is 10.1 Å². The van der Waals surface area contributed by atoms with E-state index in [0.717, 1.165) is 4.90 Å². The van der Waals surface area contributed by atoms with Crippen LogP contribution in [0.15, 0.2) is 12.4 Å². The molecule has 0 aromatic carbocycles. The molecule has 0 bridgehead atoms. The molecule has 2 saturated heterocycles. The van der Waals surface area contributed by atoms with E-state index in [-0.39, 0.29) is 18.4 Å². The van der Waals surface area contributed by atoms with Gasteiger partial charge < -0.3 is 15.5 Å². The second-order valence-corrected chi connectivity index (χ2v) is 7.73. The first kappa shape index (κ1) is 15.4. The number of aromatic nitrogens is 3. The zero-order valence-corrected chi connectivity index (χ0v) is 11.8. The van der Waals surface area contributed by atoms with Crippen LogP contribution in [-0.4, -0.2) is 66.9 Å². The number of β-lactam (4-membered cyclic amide) rings is 1. The smallest absolute Gasteiger partial charge is 0.328 e. The molecular formula is C10H14N4O6S. The first-order chi connectivity index (χ1) is 9.29. The first-order valence-corrected chi connectivity index (χ1v) is 7.45. The van der Waals surface area contributed by atoms with Crippen molar-refractivity contribution in [3.05, 3.63) is 12.4 Å². The molecule has 1 amide bonds. The van der Waals surface area contributed by atoms with Crippen molar-refractivity contribution in [2.45, 2.75) is 36.1 Å². The molecule has 10 nitrogen and oxygen atoms in total. The monoisotopic (exact) mass is 318 g/mol. The molecule has 11 heteroatoms. The SMILES string of the molecule is C[C@]1(Cn2ccnn2)[C@H](C(=O)O)N2C(=O)C[C@@H]2S1(=O)=O.O. The third kappa shape index (κ3) is 1.77. The minimum Gasteiger partial charge on any atom is -0.480 e. The standard InChI is InChI=1S/C10H12N4O5S.H2O/c1-10(5-13-3-2-11-12-13)8(9(16)17)14-6(15)4-7(14)20(10,18)19;/h2-3,7-8H,4-5H2,1H3,(H,16,17);1H2/t7-,8-,10-;/m0./s1. The number of hydrogen-bond donors (Lipinski definition) is 1. The number of sulfone groups is 1. The Morgan fingerprint density at radius 2 is 2.24 bits per heavy atom. The molecule has 21 heavy (non-hydrogen) atoms. The van der Waals surface area contributed by atoms with Crippen molar-refractivity contribution < 1.29 is 28.6 Å². The molecule has 3 atom stereocenters. The molecule has 2 aliphatic rings. The van der Waals surface area contributed by atoms with Crippen LogP contribution in [0.5, 0.6) is 0 Å². The minimum absolute atomic E-state index is 0. The minimum atomic E-state index is -3.80. The Bertz CT molecular complexity index is 686. The summed E-state index contributed by atoms with van der Waals surface area (Å²) >= 11 is 0. The lowest BCUT2D eigenvalue weighted by molar-refractivity contribution is -0.157. The average molecular weight is 318 g/mol. The summed E-state index contributed by atoms with van der Waals surface area (Å²) in [4.78, 5) is 24.0. The van der Waals surface area contributed by atoms with Crippen molar-refractivity contribution in [2.24, 2.45) is 0 Å². The van der Waals surface area contributed by atoms with Crippen molar-refractivity contribution in [3.63, 3.8) is 0 Å². The largest absolute Gasteiger partial charge is 0.480 e. The van der Waals surface area contributed by atoms with Gasteiger partial charge in [-0.25, -0.2) is 13.2 Å². The topological polar surface area (TPSA) is 154 Å². The fourth-order valence-corrected chi connectivity index (χ4v) is 5.29. The van der Waals surface area contributed by atoms with Crippen molar-refractivity contribution >= 4 is 21.7 Å². The summed E-state index contributed by atoms with van der Waals surface area (Å²) in [5.41, 5.74) is 0. The quantitative estimate of drug-likeness (QED) is 0.612. The van der Waals surface area contributed by atoms with Gasteiger partial charge in [0, 0.05) is 6.20 Å². The summed E-state index contributed by atoms with van der Waals surface area (Å²) in [5, 5.41) is 15.6. The Balaban J connectivity index is 0.00000161. The van der Waals surface area contributed by atoms with Crippen LogP contribution in [0, 0.1) is 0 Å². The van der Waals surface area contributed by atoms with Crippen LogP contribution in [0.4, 0.5) is 0 Å². The average Bonchev–Trinajstić information content (AvgIpc) is 2.87. The maximum atomic E-state index is 12.5. The van der Waals surface area contributed by atoms with E-state index in [9.17, 15) is 23.1 Å². The van der Waals surface area contributed by atoms with Crippen LogP contribution < -0.4 is 0 Å². The molecule has 0 radical (unpaired) electrons. The Labute approximate surface area is 119 Å². The predicted molar refractivity (Wildman–Crippen MR) is 67.6 cm³/mol. The summed E-state index contributed by atoms with van der Waals surface area (Å²) in [5.74, 6) is -1.78. The maximum Gasteiger partial charge on any atom is 0.328 e. The van der Waals surface area contributed by atoms with E-state index >= 15 is 0 Å². The number of carboxylic acid groups (broad SMARTS) is 1. The van der Waals surface area contributed by atoms with E-state index in [2.05, 4.69) is 10.3 Å². The summed E-state index contributed by atoms with van der Waals surface area (Å²) < 4.78 is 24.7. The number of carbonyl (C=O) groups excluding carboxylic acids is 1. The number of aliphatic carboxylic acids is 1. The van der Waals surface area contributed by atoms with Crippen LogP contribution >= 0.6 is 0 Å². The van der Waals surface area contributed by atoms with Gasteiger partial charge in [0.25, 0.3) is 0 Å². The molecule has 0 unspecified atom stereocenters. The molecule has 0 aliphatic carbocycles. The second-order valence-electron chi connectivity index (χ2n) is 5.16. The number of rotatable bonds is 3. The van der Waals surface area contributed by atoms with Gasteiger partial charge in [-0.05, 0) is 6.92 Å². The Kier molecular flexibility index (Phi) is 3.29. The number of amides is 1. The number of fused-ring (bicyclic) bond motifs is 1. The van der Waals surface area contributed by atoms with Crippen molar-refractivity contribution in [3.8, 4) is 0 Å². The van der Waals surface area contributed by atoms with Crippen LogP contribution in [-0.2, 0) is 26.0 Å². The molecule has 0 saturated carbocycles. The summed E-state index contributed by atoms with van der Waals surface area (Å²) in [7, 11) is -3.80. The van der Waals surface area contributed by atoms with Crippen LogP contribution in [0.25, 0.3) is 0 Å². The van der Waals surface area contributed by atoms with E-state index in [4.69, 9.17) is 0 Å². The van der Waals surface area contributed by atoms with Crippen LogP contribution in [0.3, 0.4) is 0 Å². The third-order valence-electron chi connectivity index (χ3n) is 3.99. The molecule has 1 aromatic heterocycles. The van der Waals surface area contributed by atoms with Gasteiger partial charge in [-0.15, -0.1) is 5.10 Å². The molecule has 3 N–H and O–H groups in total. The highest BCUT2D eigenvalue weighted by Gasteiger charge is 2.70. The second kappa shape index (κ2) is 4.49. The Morgan fingerprint density at radius 3 is 2.71 bits per heavy atom. The highest BCUT2D eigenvalue weighted by molar-refractivity contribution is 7.93. The summed E-state index contributed by atoms with van der Waals surface area (Å²) in [6.45, 7) is 1.18. The van der Waals surface area contributed by atoms with Gasteiger partial charge in [0.05, 0.1) is 19.2 Å². The van der Waals surface area contributed by atoms with Gasteiger partial charge in [-0.1, -0.05) is 5.21 Å². The van der Waals surface area contributed by atoms with Gasteiger partial charge >= 0.3 is 5.97 Å². The predicted octanol–water partition coefficient (Wildman–Crippen LogP) is -2.35. The van der Waals surface area contributed by atoms with E-state index in [1.165, 1.54) is 24.0 Å². The van der Waals surface area contributed by atoms with Gasteiger partial charge in [0.2, 0.25) is 5.91 Å². The first-order valence-electron chi connectivity index (χ1n) is 5.90. The van der Waals surface area contributed by atoms with E-state index in [1.54, 1.807) is 0 Å². The highest BCUT2D eigenvalue weighted by Crippen LogP contribution is 2.46. The van der Waals surface area contributed by atoms with E-state index < -0.39 is 37.9 Å². The summed E-state index contributed by atoms with van der Waals surface area (Å²) in [6, 6.07) is -1.40. The number of carbonyl (C=O) groups is 2. The van der Waals surface area contributed by atoms with Gasteiger partial charge in [0.15, 0.2) is 15.9 Å². The number of hydrogen-bond acceptors (Lipinski definition) is 6. The fraction of sp³-hybridized carbons (Fsp3) is 0.600. The highest BCUT2D eigenvalue weighted by atomic mass is 32.2. The lowest BCUT2D eigenvalue weighted by Crippen LogP contribution is -2.58. The lowest BCUT2D eigenvalue weighted by atomic mass is 9.96. The lowest BCUT2D eigenvalue weighted by Gasteiger charge is -2.35. The molecule has 1 aromatic rings. The molecule has 2 aliphatic heterocycles. The molecule has 0 spiro atoms. The Morgan fingerprint density at radius 1 is 1.57 bits per heavy atom. The van der Waals surface area contributed by atoms with Crippen LogP contribution in [0.1, 0.15) is 13.3 Å². The van der Waals surface area contributed by atoms with Crippen molar-refractivity contribution in [1.82, 2.24) is 19.9 Å². The maximum absolute atomic E-state index is 12.5. The molecule has 116 valence electrons. The van der Waals surface area contributed by atoms with E-state index in [1.807, 2.05) is 0 Å². The van der Waals surface area contributed by atoms with Gasteiger partial charge in [-0.3, -0.25) is 9.48 Å². The van der Waals surface area contributed by atoms with Gasteiger partial charge in [-0.2, -0.15) is 0 Å². The Hall–Kier alpha value is -2.01. The fourth-order valence-electron chi connectivity index (χ4n) is 2.93. The van der Waals surface area contributed by atoms with E-state index in [0.29, 0.717) is 0 Å². The van der Waals surface area contributed by atoms with Crippen molar-refractivity contribution in [2.75, 3.05) is 0 Å².